The molecule has 0 saturated heterocycles. The molecule has 0 spiro atoms. The van der Waals surface area contributed by atoms with Gasteiger partial charge in [-0.3, -0.25) is 4.79 Å². The van der Waals surface area contributed by atoms with Crippen LogP contribution in [-0.2, 0) is 0 Å². The fourth-order valence-electron chi connectivity index (χ4n) is 3.18. The third-order valence-corrected chi connectivity index (χ3v) is 4.08. The maximum absolute atomic E-state index is 12.8. The molecule has 4 nitrogen and oxygen atoms in total. The van der Waals surface area contributed by atoms with E-state index in [9.17, 15) is 9.59 Å². The molecule has 1 aromatic rings. The van der Waals surface area contributed by atoms with Crippen LogP contribution < -0.4 is 0 Å². The van der Waals surface area contributed by atoms with Gasteiger partial charge in [-0.25, -0.2) is 4.79 Å². The molecule has 4 heteroatoms. The van der Waals surface area contributed by atoms with Crippen molar-refractivity contribution in [1.29, 1.82) is 0 Å². The van der Waals surface area contributed by atoms with Gasteiger partial charge in [0.25, 0.3) is 5.91 Å². The highest BCUT2D eigenvalue weighted by molar-refractivity contribution is 5.98. The number of aryl methyl sites for hydroxylation is 1. The molecule has 2 rings (SSSR count). The summed E-state index contributed by atoms with van der Waals surface area (Å²) < 4.78 is 0. The Morgan fingerprint density at radius 2 is 1.71 bits per heavy atom. The lowest BCUT2D eigenvalue weighted by atomic mass is 10.0. The van der Waals surface area contributed by atoms with Crippen LogP contribution in [0.15, 0.2) is 18.2 Å². The van der Waals surface area contributed by atoms with Crippen molar-refractivity contribution in [2.75, 3.05) is 0 Å². The molecule has 1 aliphatic rings. The Kier molecular flexibility index (Phi) is 4.66. The van der Waals surface area contributed by atoms with Crippen LogP contribution >= 0.6 is 0 Å². The van der Waals surface area contributed by atoms with Crippen molar-refractivity contribution in [3.8, 4) is 0 Å². The predicted molar refractivity (Wildman–Crippen MR) is 81.7 cm³/mol. The summed E-state index contributed by atoms with van der Waals surface area (Å²) >= 11 is 0. The highest BCUT2D eigenvalue weighted by Gasteiger charge is 2.29. The lowest BCUT2D eigenvalue weighted by Gasteiger charge is -2.33. The lowest BCUT2D eigenvalue weighted by Crippen LogP contribution is -2.43. The average Bonchev–Trinajstić information content (AvgIpc) is 2.91. The molecule has 1 amide bonds. The zero-order chi connectivity index (χ0) is 15.6. The maximum atomic E-state index is 12.8. The molecule has 0 bridgehead atoms. The van der Waals surface area contributed by atoms with Gasteiger partial charge in [0.15, 0.2) is 0 Å². The van der Waals surface area contributed by atoms with Crippen LogP contribution in [0.25, 0.3) is 0 Å². The Hall–Kier alpha value is -1.84. The summed E-state index contributed by atoms with van der Waals surface area (Å²) in [7, 11) is 0. The van der Waals surface area contributed by atoms with Crippen molar-refractivity contribution in [1.82, 2.24) is 4.90 Å². The minimum atomic E-state index is -0.996. The molecule has 1 aromatic carbocycles. The molecule has 0 unspecified atom stereocenters. The zero-order valence-corrected chi connectivity index (χ0v) is 12.9. The Morgan fingerprint density at radius 1 is 1.14 bits per heavy atom. The second kappa shape index (κ2) is 6.29. The van der Waals surface area contributed by atoms with Gasteiger partial charge in [-0.1, -0.05) is 12.8 Å². The molecule has 0 aromatic heterocycles. The Labute approximate surface area is 125 Å². The monoisotopic (exact) mass is 289 g/mol. The van der Waals surface area contributed by atoms with Crippen LogP contribution in [0.4, 0.5) is 0 Å². The van der Waals surface area contributed by atoms with Crippen LogP contribution in [0, 0.1) is 6.92 Å². The van der Waals surface area contributed by atoms with Gasteiger partial charge in [0.05, 0.1) is 5.56 Å². The van der Waals surface area contributed by atoms with E-state index in [1.807, 2.05) is 25.7 Å². The molecule has 0 atom stereocenters. The average molecular weight is 289 g/mol. The molecule has 1 fully saturated rings. The number of carboxylic acids is 1. The number of amides is 1. The van der Waals surface area contributed by atoms with Gasteiger partial charge in [0.1, 0.15) is 0 Å². The van der Waals surface area contributed by atoms with E-state index in [-0.39, 0.29) is 23.6 Å². The normalized spacial score (nSPS) is 15.4. The molecule has 21 heavy (non-hydrogen) atoms. The van der Waals surface area contributed by atoms with Gasteiger partial charge in [-0.05, 0) is 57.4 Å². The van der Waals surface area contributed by atoms with Crippen LogP contribution in [-0.4, -0.2) is 34.0 Å². The number of carboxylic acid groups (broad SMARTS) is 1. The molecule has 0 radical (unpaired) electrons. The van der Waals surface area contributed by atoms with E-state index in [0.717, 1.165) is 31.2 Å². The molecule has 0 heterocycles. The van der Waals surface area contributed by atoms with Crippen LogP contribution in [0.2, 0.25) is 0 Å². The summed E-state index contributed by atoms with van der Waals surface area (Å²) in [5, 5.41) is 9.15. The first-order valence-electron chi connectivity index (χ1n) is 7.58. The number of hydrogen-bond donors (Lipinski definition) is 1. The number of benzene rings is 1. The quantitative estimate of drug-likeness (QED) is 0.923. The van der Waals surface area contributed by atoms with Gasteiger partial charge in [0, 0.05) is 17.6 Å². The minimum Gasteiger partial charge on any atom is -0.478 e. The first-order chi connectivity index (χ1) is 9.90. The van der Waals surface area contributed by atoms with Gasteiger partial charge >= 0.3 is 5.97 Å². The highest BCUT2D eigenvalue weighted by Crippen LogP contribution is 2.27. The fraction of sp³-hybridized carbons (Fsp3) is 0.529. The summed E-state index contributed by atoms with van der Waals surface area (Å²) in [5.41, 5.74) is 1.45. The molecule has 1 N–H and O–H groups in total. The number of carbonyl (C=O) groups is 2. The van der Waals surface area contributed by atoms with Crippen LogP contribution in [0.5, 0.6) is 0 Å². The number of nitrogens with zero attached hydrogens (tertiary/aromatic N) is 1. The van der Waals surface area contributed by atoms with Crippen molar-refractivity contribution in [2.24, 2.45) is 0 Å². The first kappa shape index (κ1) is 15.5. The predicted octanol–water partition coefficient (Wildman–Crippen LogP) is 3.49. The number of rotatable bonds is 4. The zero-order valence-electron chi connectivity index (χ0n) is 12.9. The highest BCUT2D eigenvalue weighted by atomic mass is 16.4. The second-order valence-electron chi connectivity index (χ2n) is 6.14. The van der Waals surface area contributed by atoms with Gasteiger partial charge in [0.2, 0.25) is 0 Å². The summed E-state index contributed by atoms with van der Waals surface area (Å²) in [6.07, 6.45) is 4.41. The molecule has 1 saturated carbocycles. The van der Waals surface area contributed by atoms with Gasteiger partial charge in [-0.15, -0.1) is 0 Å². The summed E-state index contributed by atoms with van der Waals surface area (Å²) in [4.78, 5) is 25.9. The van der Waals surface area contributed by atoms with Crippen molar-refractivity contribution in [2.45, 2.75) is 58.5 Å². The van der Waals surface area contributed by atoms with Crippen molar-refractivity contribution in [3.05, 3.63) is 34.9 Å². The lowest BCUT2D eigenvalue weighted by molar-refractivity contribution is 0.0613. The van der Waals surface area contributed by atoms with Gasteiger partial charge in [-0.2, -0.15) is 0 Å². The standard InChI is InChI=1S/C17H23NO3/c1-11(2)18(15-6-4-5-7-15)16(19)13-8-12(3)9-14(10-13)17(20)21/h8-11,15H,4-7H2,1-3H3,(H,20,21). The van der Waals surface area contributed by atoms with Crippen LogP contribution in [0.1, 0.15) is 65.8 Å². The van der Waals surface area contributed by atoms with Gasteiger partial charge < -0.3 is 10.0 Å². The van der Waals surface area contributed by atoms with Crippen molar-refractivity contribution in [3.63, 3.8) is 0 Å². The van der Waals surface area contributed by atoms with E-state index in [4.69, 9.17) is 5.11 Å². The Bertz CT molecular complexity index is 545. The topological polar surface area (TPSA) is 57.6 Å². The smallest absolute Gasteiger partial charge is 0.335 e. The summed E-state index contributed by atoms with van der Waals surface area (Å²) in [6.45, 7) is 5.85. The second-order valence-corrected chi connectivity index (χ2v) is 6.14. The number of aromatic carboxylic acids is 1. The largest absolute Gasteiger partial charge is 0.478 e. The molecular weight excluding hydrogens is 266 g/mol. The van der Waals surface area contributed by atoms with Crippen molar-refractivity contribution >= 4 is 11.9 Å². The Balaban J connectivity index is 2.34. The van der Waals surface area contributed by atoms with E-state index in [1.54, 1.807) is 12.1 Å². The first-order valence-corrected chi connectivity index (χ1v) is 7.58. The Morgan fingerprint density at radius 3 is 2.24 bits per heavy atom. The van der Waals surface area contributed by atoms with E-state index in [1.165, 1.54) is 6.07 Å². The minimum absolute atomic E-state index is 0.0527. The summed E-state index contributed by atoms with van der Waals surface area (Å²) in [5.74, 6) is -1.05. The number of hydrogen-bond acceptors (Lipinski definition) is 2. The molecular formula is C17H23NO3. The number of carbonyl (C=O) groups excluding carboxylic acids is 1. The van der Waals surface area contributed by atoms with E-state index in [0.29, 0.717) is 5.56 Å². The van der Waals surface area contributed by atoms with E-state index < -0.39 is 5.97 Å². The molecule has 1 aliphatic carbocycles. The summed E-state index contributed by atoms with van der Waals surface area (Å²) in [6, 6.07) is 5.26. The molecule has 114 valence electrons. The van der Waals surface area contributed by atoms with Crippen LogP contribution in [0.3, 0.4) is 0 Å². The SMILES string of the molecule is Cc1cc(C(=O)O)cc(C(=O)N(C(C)C)C2CCCC2)c1. The van der Waals surface area contributed by atoms with E-state index in [2.05, 4.69) is 0 Å². The third kappa shape index (κ3) is 3.43. The fourth-order valence-corrected chi connectivity index (χ4v) is 3.18. The van der Waals surface area contributed by atoms with E-state index >= 15 is 0 Å². The third-order valence-electron chi connectivity index (χ3n) is 4.08. The molecule has 0 aliphatic heterocycles. The maximum Gasteiger partial charge on any atom is 0.335 e. The van der Waals surface area contributed by atoms with Crippen molar-refractivity contribution < 1.29 is 14.7 Å².